The van der Waals surface area contributed by atoms with Gasteiger partial charge < -0.3 is 0 Å². The first kappa shape index (κ1) is 29.6. The Hall–Kier alpha value is 0.130. The third kappa shape index (κ3) is 661. The van der Waals surface area contributed by atoms with E-state index in [1.54, 1.807) is 0 Å². The van der Waals surface area contributed by atoms with Crippen LogP contribution in [0.2, 0.25) is 12.6 Å². The van der Waals surface area contributed by atoms with Crippen molar-refractivity contribution in [2.45, 2.75) is 68.0 Å². The Kier molecular flexibility index (Phi) is 620. The zero-order chi connectivity index (χ0) is 11.4. The fourth-order valence-electron chi connectivity index (χ4n) is 0. The maximum atomic E-state index is 4.90. The van der Waals surface area contributed by atoms with Crippen LogP contribution >= 0.6 is 0 Å². The summed E-state index contributed by atoms with van der Waals surface area (Å²) in [6.07, 6.45) is 1.19. The maximum Gasteiger partial charge on any atom is 0.0643 e. The molecule has 74 valence electrons. The van der Waals surface area contributed by atoms with Gasteiger partial charge in [-0.05, 0) is 0 Å². The van der Waals surface area contributed by atoms with E-state index in [2.05, 4.69) is 0 Å². The predicted octanol–water partition coefficient (Wildman–Crippen LogP) is 4.26. The van der Waals surface area contributed by atoms with Crippen molar-refractivity contribution >= 4 is 15.7 Å². The van der Waals surface area contributed by atoms with Gasteiger partial charge in [-0.3, -0.25) is 0 Å². The van der Waals surface area contributed by atoms with Crippen molar-refractivity contribution < 1.29 is 0 Å². The Balaban J connectivity index is -0.0000000181. The van der Waals surface area contributed by atoms with Crippen LogP contribution in [0.3, 0.4) is 0 Å². The Morgan fingerprint density at radius 2 is 0.583 bits per heavy atom. The van der Waals surface area contributed by atoms with Gasteiger partial charge in [-0.15, -0.1) is 0 Å². The van der Waals surface area contributed by atoms with Crippen LogP contribution in [0, 0.1) is 0 Å². The highest BCUT2D eigenvalue weighted by Gasteiger charge is 1.57. The summed E-state index contributed by atoms with van der Waals surface area (Å²) in [4.78, 5) is 0. The summed E-state index contributed by atoms with van der Waals surface area (Å²) in [5.41, 5.74) is 0. The van der Waals surface area contributed by atoms with Gasteiger partial charge in [-0.25, -0.2) is 0 Å². The van der Waals surface area contributed by atoms with Gasteiger partial charge >= 0.3 is 0 Å². The normalized spacial score (nSPS) is 4.33. The molecule has 2 heteroatoms. The lowest BCUT2D eigenvalue weighted by molar-refractivity contribution is 1.46. The van der Waals surface area contributed by atoms with E-state index >= 15 is 0 Å². The molecular weight excluding hydrogens is 142 g/mol. The summed E-state index contributed by atoms with van der Waals surface area (Å²) in [5, 5.41) is 0. The van der Waals surface area contributed by atoms with Crippen molar-refractivity contribution in [2.24, 2.45) is 0 Å². The highest BCUT2D eigenvalue weighted by Crippen LogP contribution is 1.70. The van der Waals surface area contributed by atoms with E-state index in [1.165, 1.54) is 0 Å². The lowest BCUT2D eigenvalue weighted by atomic mass is 9.91. The third-order valence-electron chi connectivity index (χ3n) is 0.167. The Bertz CT molecular complexity index is 9.80. The average Bonchev–Trinajstić information content (AvgIpc) is 2.29. The van der Waals surface area contributed by atoms with Crippen LogP contribution in [0.5, 0.6) is 0 Å². The Morgan fingerprint density at radius 3 is 0.583 bits per heavy atom. The van der Waals surface area contributed by atoms with Crippen molar-refractivity contribution in [3.8, 4) is 0 Å². The van der Waals surface area contributed by atoms with E-state index in [9.17, 15) is 0 Å². The van der Waals surface area contributed by atoms with Crippen LogP contribution in [0.15, 0.2) is 0 Å². The van der Waals surface area contributed by atoms with Gasteiger partial charge in [-0.1, -0.05) is 68.0 Å². The summed E-state index contributed by atoms with van der Waals surface area (Å²) in [6, 6.07) is 0. The number of rotatable bonds is 1. The Morgan fingerprint density at radius 1 is 0.500 bits per heavy atom. The summed E-state index contributed by atoms with van der Waals surface area (Å²) in [6.45, 7) is 16.0. The summed E-state index contributed by atoms with van der Waals surface area (Å²) in [5.74, 6) is 0. The molecule has 12 heavy (non-hydrogen) atoms. The summed E-state index contributed by atoms with van der Waals surface area (Å²) >= 11 is 0. The lowest BCUT2D eigenvalue weighted by Crippen LogP contribution is -1.60. The molecule has 0 heterocycles. The first-order valence-corrected chi connectivity index (χ1v) is 5.32. The highest BCUT2D eigenvalue weighted by atomic mass is 13.4. The molecule has 0 aromatic carbocycles. The van der Waals surface area contributed by atoms with E-state index in [0.717, 1.165) is 0 Å². The zero-order valence-electron chi connectivity index (χ0n) is 10.6. The van der Waals surface area contributed by atoms with E-state index in [0.29, 0.717) is 12.6 Å². The molecule has 0 aliphatic rings. The van der Waals surface area contributed by atoms with Gasteiger partial charge in [0, 0.05) is 0 Å². The fraction of sp³-hybridized carbons (Fsp3) is 1.00. The predicted molar refractivity (Wildman–Crippen MR) is 66.5 cm³/mol. The van der Waals surface area contributed by atoms with Crippen molar-refractivity contribution in [1.29, 1.82) is 0 Å². The summed E-state index contributed by atoms with van der Waals surface area (Å²) in [7, 11) is 9.81. The quantitative estimate of drug-likeness (QED) is 0.515. The molecule has 0 rings (SSSR count). The van der Waals surface area contributed by atoms with E-state index < -0.39 is 0 Å². The first-order chi connectivity index (χ1) is 5.91. The second-order valence-electron chi connectivity index (χ2n) is 0.577. The van der Waals surface area contributed by atoms with E-state index in [4.69, 9.17) is 15.7 Å². The maximum absolute atomic E-state index is 4.90. The average molecular weight is 170 g/mol. The molecule has 4 radical (unpaired) electrons. The van der Waals surface area contributed by atoms with Gasteiger partial charge in [0.1, 0.15) is 0 Å². The molecule has 0 amide bonds. The zero-order valence-corrected chi connectivity index (χ0v) is 10.6. The first-order valence-electron chi connectivity index (χ1n) is 5.32. The monoisotopic (exact) mass is 170 g/mol. The van der Waals surface area contributed by atoms with Crippen molar-refractivity contribution in [1.82, 2.24) is 0 Å². The molecule has 0 N–H and O–H groups in total. The topological polar surface area (TPSA) is 0 Å². The molecule has 0 aliphatic carbocycles. The largest absolute Gasteiger partial charge is 0.0962 e. The van der Waals surface area contributed by atoms with Gasteiger partial charge in [0.05, 0.1) is 15.7 Å². The highest BCUT2D eigenvalue weighted by molar-refractivity contribution is 6.16. The third-order valence-corrected chi connectivity index (χ3v) is 0.167. The molecule has 0 aliphatic heterocycles. The van der Waals surface area contributed by atoms with Gasteiger partial charge in [-0.2, -0.15) is 0 Å². The van der Waals surface area contributed by atoms with Crippen molar-refractivity contribution in [3.05, 3.63) is 0 Å². The lowest BCUT2D eigenvalue weighted by Gasteiger charge is -1.67. The van der Waals surface area contributed by atoms with Gasteiger partial charge in [0.25, 0.3) is 0 Å². The summed E-state index contributed by atoms with van der Waals surface area (Å²) < 4.78 is 0. The van der Waals surface area contributed by atoms with Crippen molar-refractivity contribution in [2.75, 3.05) is 0 Å². The second kappa shape index (κ2) is 252. The van der Waals surface area contributed by atoms with Crippen LogP contribution in [-0.2, 0) is 0 Å². The van der Waals surface area contributed by atoms with Crippen LogP contribution in [-0.4, -0.2) is 15.7 Å². The van der Waals surface area contributed by atoms with Gasteiger partial charge in [0.2, 0.25) is 0 Å². The van der Waals surface area contributed by atoms with Crippen molar-refractivity contribution in [3.63, 3.8) is 0 Å². The second-order valence-corrected chi connectivity index (χ2v) is 0.577. The van der Waals surface area contributed by atoms with Crippen LogP contribution < -0.4 is 0 Å². The molecule has 0 saturated heterocycles. The molecule has 0 spiro atoms. The standard InChI is InChI=1S/C2H4B2.4C2H6/c3-1-2-4;4*1-2/h1-2H2;4*1-2H3. The molecule has 0 saturated carbocycles. The molecule has 0 fully saturated rings. The van der Waals surface area contributed by atoms with E-state index in [1.807, 2.05) is 55.4 Å². The van der Waals surface area contributed by atoms with Crippen LogP contribution in [0.1, 0.15) is 55.4 Å². The molecule has 0 atom stereocenters. The van der Waals surface area contributed by atoms with Gasteiger partial charge in [0.15, 0.2) is 0 Å². The Labute approximate surface area is 84.4 Å². The molecule has 0 unspecified atom stereocenters. The van der Waals surface area contributed by atoms with Crippen LogP contribution in [0.4, 0.5) is 0 Å². The minimum atomic E-state index is 0.597. The molecular formula is C10H28B2. The van der Waals surface area contributed by atoms with E-state index in [-0.39, 0.29) is 0 Å². The number of hydrogen-bond acceptors (Lipinski definition) is 0. The van der Waals surface area contributed by atoms with Crippen LogP contribution in [0.25, 0.3) is 0 Å². The minimum absolute atomic E-state index is 0.597. The minimum Gasteiger partial charge on any atom is -0.0962 e. The molecule has 0 aromatic rings. The molecule has 0 bridgehead atoms. The smallest absolute Gasteiger partial charge is 0.0643 e. The molecule has 0 nitrogen and oxygen atoms in total. The SMILES string of the molecule is CC.CC.CC.CC.[B]CC[B]. The number of hydrogen-bond donors (Lipinski definition) is 0. The fourth-order valence-corrected chi connectivity index (χ4v) is 0. The molecule has 0 aromatic heterocycles.